The zero-order valence-corrected chi connectivity index (χ0v) is 17.7. The molecule has 0 aliphatic heterocycles. The maximum Gasteiger partial charge on any atom is 0.240 e. The van der Waals surface area contributed by atoms with Gasteiger partial charge in [0.05, 0.1) is 18.8 Å². The van der Waals surface area contributed by atoms with Crippen molar-refractivity contribution in [3.05, 3.63) is 71.1 Å². The Hall–Kier alpha value is -3.17. The summed E-state index contributed by atoms with van der Waals surface area (Å²) in [6, 6.07) is 11.8. The molecule has 0 saturated carbocycles. The van der Waals surface area contributed by atoms with Gasteiger partial charge in [0.15, 0.2) is 5.13 Å². The molecule has 0 spiro atoms. The maximum absolute atomic E-state index is 13.1. The number of thiazole rings is 1. The molecule has 3 rings (SSSR count). The number of likely N-dealkylation sites (N-methyl/N-ethyl adjacent to an activating group) is 1. The van der Waals surface area contributed by atoms with E-state index < -0.39 is 0 Å². The fourth-order valence-corrected chi connectivity index (χ4v) is 3.52. The first-order valence-corrected chi connectivity index (χ1v) is 10.6. The van der Waals surface area contributed by atoms with Crippen molar-refractivity contribution in [1.29, 1.82) is 0 Å². The van der Waals surface area contributed by atoms with E-state index in [-0.39, 0.29) is 43.1 Å². The summed E-state index contributed by atoms with van der Waals surface area (Å²) in [5, 5.41) is 7.70. The van der Waals surface area contributed by atoms with E-state index >= 15 is 0 Å². The quantitative estimate of drug-likeness (QED) is 0.528. The molecule has 0 radical (unpaired) electrons. The van der Waals surface area contributed by atoms with Gasteiger partial charge in [-0.05, 0) is 48.5 Å². The predicted octanol–water partition coefficient (Wildman–Crippen LogP) is 3.67. The number of nitrogens with one attached hydrogen (secondary N) is 2. The monoisotopic (exact) mass is 444 g/mol. The van der Waals surface area contributed by atoms with Gasteiger partial charge in [0.2, 0.25) is 11.8 Å². The van der Waals surface area contributed by atoms with Gasteiger partial charge in [-0.15, -0.1) is 11.3 Å². The third-order valence-electron chi connectivity index (χ3n) is 4.48. The van der Waals surface area contributed by atoms with Crippen LogP contribution in [0.4, 0.5) is 13.9 Å². The van der Waals surface area contributed by atoms with Crippen LogP contribution in [0.5, 0.6) is 0 Å². The van der Waals surface area contributed by atoms with Crippen molar-refractivity contribution in [3.63, 3.8) is 0 Å². The Balaban J connectivity index is 1.47. The van der Waals surface area contributed by atoms with E-state index in [9.17, 15) is 18.4 Å². The molecule has 6 nitrogen and oxygen atoms in total. The number of benzene rings is 2. The summed E-state index contributed by atoms with van der Waals surface area (Å²) in [6.07, 6.45) is 0. The molecule has 162 valence electrons. The van der Waals surface area contributed by atoms with Crippen LogP contribution >= 0.6 is 11.3 Å². The number of carbonyl (C=O) groups excluding carboxylic acids is 2. The fraction of sp³-hybridized carbons (Fsp3) is 0.227. The molecule has 1 aromatic heterocycles. The Morgan fingerprint density at radius 2 is 1.58 bits per heavy atom. The van der Waals surface area contributed by atoms with E-state index in [1.165, 1.54) is 35.6 Å². The highest BCUT2D eigenvalue weighted by molar-refractivity contribution is 7.14. The van der Waals surface area contributed by atoms with Crippen molar-refractivity contribution < 1.29 is 18.4 Å². The Morgan fingerprint density at radius 3 is 2.23 bits per heavy atom. The van der Waals surface area contributed by atoms with Crippen LogP contribution in [0.15, 0.2) is 53.9 Å². The molecule has 0 saturated heterocycles. The lowest BCUT2D eigenvalue weighted by Gasteiger charge is -2.19. The molecule has 31 heavy (non-hydrogen) atoms. The molecule has 1 heterocycles. The molecule has 9 heteroatoms. The minimum atomic E-state index is -0.330. The van der Waals surface area contributed by atoms with Crippen molar-refractivity contribution in [3.8, 4) is 11.3 Å². The summed E-state index contributed by atoms with van der Waals surface area (Å²) >= 11 is 1.27. The van der Waals surface area contributed by atoms with Crippen LogP contribution in [0.25, 0.3) is 11.3 Å². The second kappa shape index (κ2) is 10.7. The molecule has 3 aromatic rings. The first-order valence-electron chi connectivity index (χ1n) is 9.67. The van der Waals surface area contributed by atoms with Crippen molar-refractivity contribution >= 4 is 28.3 Å². The van der Waals surface area contributed by atoms with Gasteiger partial charge in [0, 0.05) is 17.5 Å². The smallest absolute Gasteiger partial charge is 0.240 e. The topological polar surface area (TPSA) is 74.3 Å². The number of amides is 2. The van der Waals surface area contributed by atoms with Gasteiger partial charge in [-0.2, -0.15) is 0 Å². The SMILES string of the molecule is CCN(CC(=O)NCc1ccc(F)cc1)CC(=O)Nc1nc(-c2ccc(F)cc2)cs1. The second-order valence-corrected chi connectivity index (χ2v) is 7.66. The van der Waals surface area contributed by atoms with E-state index in [1.54, 1.807) is 34.5 Å². The average molecular weight is 445 g/mol. The Labute approximate surface area is 182 Å². The number of carbonyl (C=O) groups is 2. The standard InChI is InChI=1S/C22H22F2N4O2S/c1-2-28(12-20(29)25-11-15-3-7-17(23)8-4-15)13-21(30)27-22-26-19(14-31-22)16-5-9-18(24)10-6-16/h3-10,14H,2,11-13H2,1H3,(H,25,29)(H,26,27,30). The van der Waals surface area contributed by atoms with Crippen molar-refractivity contribution in [2.75, 3.05) is 25.0 Å². The van der Waals surface area contributed by atoms with Gasteiger partial charge < -0.3 is 10.6 Å². The van der Waals surface area contributed by atoms with Crippen LogP contribution < -0.4 is 10.6 Å². The molecule has 2 N–H and O–H groups in total. The number of nitrogens with zero attached hydrogens (tertiary/aromatic N) is 2. The normalized spacial score (nSPS) is 10.8. The molecule has 0 unspecified atom stereocenters. The first kappa shape index (κ1) is 22.5. The predicted molar refractivity (Wildman–Crippen MR) is 116 cm³/mol. The summed E-state index contributed by atoms with van der Waals surface area (Å²) in [5.74, 6) is -1.17. The Morgan fingerprint density at radius 1 is 0.968 bits per heavy atom. The maximum atomic E-state index is 13.1. The summed E-state index contributed by atoms with van der Waals surface area (Å²) in [6.45, 7) is 2.75. The number of halogens is 2. The summed E-state index contributed by atoms with van der Waals surface area (Å²) in [4.78, 5) is 30.6. The highest BCUT2D eigenvalue weighted by atomic mass is 32.1. The third kappa shape index (κ3) is 6.94. The first-order chi connectivity index (χ1) is 14.9. The fourth-order valence-electron chi connectivity index (χ4n) is 2.79. The molecule has 0 bridgehead atoms. The van der Waals surface area contributed by atoms with Crippen molar-refractivity contribution in [1.82, 2.24) is 15.2 Å². The van der Waals surface area contributed by atoms with E-state index in [1.807, 2.05) is 6.92 Å². The van der Waals surface area contributed by atoms with Gasteiger partial charge >= 0.3 is 0 Å². The van der Waals surface area contributed by atoms with Crippen LogP contribution in [0.3, 0.4) is 0 Å². The molecule has 0 fully saturated rings. The van der Waals surface area contributed by atoms with E-state index in [2.05, 4.69) is 15.6 Å². The van der Waals surface area contributed by atoms with Gasteiger partial charge in [-0.3, -0.25) is 14.5 Å². The van der Waals surface area contributed by atoms with Crippen molar-refractivity contribution in [2.24, 2.45) is 0 Å². The van der Waals surface area contributed by atoms with Crippen LogP contribution in [0, 0.1) is 11.6 Å². The second-order valence-electron chi connectivity index (χ2n) is 6.80. The van der Waals surface area contributed by atoms with Crippen LogP contribution in [-0.2, 0) is 16.1 Å². The van der Waals surface area contributed by atoms with Gasteiger partial charge in [0.25, 0.3) is 0 Å². The third-order valence-corrected chi connectivity index (χ3v) is 5.23. The van der Waals surface area contributed by atoms with Crippen LogP contribution in [0.2, 0.25) is 0 Å². The summed E-state index contributed by atoms with van der Waals surface area (Å²) in [7, 11) is 0. The molecule has 0 aliphatic rings. The highest BCUT2D eigenvalue weighted by Crippen LogP contribution is 2.25. The van der Waals surface area contributed by atoms with Gasteiger partial charge in [-0.25, -0.2) is 13.8 Å². The summed E-state index contributed by atoms with van der Waals surface area (Å²) < 4.78 is 26.0. The van der Waals surface area contributed by atoms with Gasteiger partial charge in [-0.1, -0.05) is 19.1 Å². The number of rotatable bonds is 9. The highest BCUT2D eigenvalue weighted by Gasteiger charge is 2.15. The lowest BCUT2D eigenvalue weighted by atomic mass is 10.2. The minimum absolute atomic E-state index is 0.0337. The number of hydrogen-bond donors (Lipinski definition) is 2. The zero-order valence-electron chi connectivity index (χ0n) is 16.9. The Kier molecular flexibility index (Phi) is 7.80. The van der Waals surface area contributed by atoms with Crippen molar-refractivity contribution in [2.45, 2.75) is 13.5 Å². The largest absolute Gasteiger partial charge is 0.351 e. The molecule has 0 atom stereocenters. The van der Waals surface area contributed by atoms with E-state index in [0.717, 1.165) is 11.1 Å². The molecular weight excluding hydrogens is 422 g/mol. The minimum Gasteiger partial charge on any atom is -0.351 e. The molecule has 0 aliphatic carbocycles. The van der Waals surface area contributed by atoms with Gasteiger partial charge in [0.1, 0.15) is 11.6 Å². The zero-order chi connectivity index (χ0) is 22.2. The summed E-state index contributed by atoms with van der Waals surface area (Å²) in [5.41, 5.74) is 2.19. The number of anilines is 1. The molecular formula is C22H22F2N4O2S. The lowest BCUT2D eigenvalue weighted by Crippen LogP contribution is -2.40. The number of aromatic nitrogens is 1. The van der Waals surface area contributed by atoms with E-state index in [4.69, 9.17) is 0 Å². The Bertz CT molecular complexity index is 1020. The van der Waals surface area contributed by atoms with Crippen LogP contribution in [0.1, 0.15) is 12.5 Å². The van der Waals surface area contributed by atoms with E-state index in [0.29, 0.717) is 17.4 Å². The van der Waals surface area contributed by atoms with Crippen LogP contribution in [-0.4, -0.2) is 41.3 Å². The molecule has 2 amide bonds. The average Bonchev–Trinajstić information content (AvgIpc) is 3.21. The lowest BCUT2D eigenvalue weighted by molar-refractivity contribution is -0.123. The number of hydrogen-bond acceptors (Lipinski definition) is 5. The molecule has 2 aromatic carbocycles.